The van der Waals surface area contributed by atoms with Crippen molar-refractivity contribution in [2.24, 2.45) is 5.73 Å². The monoisotopic (exact) mass is 1190 g/mol. The van der Waals surface area contributed by atoms with E-state index in [1.807, 2.05) is 30.3 Å². The fraction of sp³-hybridized carbons (Fsp3) is 0.527. The summed E-state index contributed by atoms with van der Waals surface area (Å²) in [6, 6.07) is 21.0. The SMILES string of the molecule is C.Cl.Cl.NC(CCNC1CCOCC1)(COCc1cc(C(F)(F)F)cc(C(F)(F)F)c1)c1ccccc1.O=C1CCOCC1.O=C1NC(COCc2cc(C(F)(F)F)cc(C(F)(F)F)c2)(c2ccccc2)CCN1C1CCOCC1. The van der Waals surface area contributed by atoms with E-state index >= 15 is 0 Å². The molecule has 2 unspecified atom stereocenters. The summed E-state index contributed by atoms with van der Waals surface area (Å²) in [5, 5.41) is 6.45. The second-order valence-electron chi connectivity index (χ2n) is 19.2. The zero-order chi connectivity index (χ0) is 55.9. The first-order valence-electron chi connectivity index (χ1n) is 25.0. The lowest BCUT2D eigenvalue weighted by Crippen LogP contribution is -2.62. The first kappa shape index (κ1) is 69.5. The van der Waals surface area contributed by atoms with Gasteiger partial charge in [-0.05, 0) is 104 Å². The maximum Gasteiger partial charge on any atom is 0.416 e. The number of nitrogens with zero attached hydrogens (tertiary/aromatic N) is 1. The summed E-state index contributed by atoms with van der Waals surface area (Å²) >= 11 is 0. The molecule has 2 atom stereocenters. The smallest absolute Gasteiger partial charge is 0.381 e. The van der Waals surface area contributed by atoms with Gasteiger partial charge in [0.15, 0.2) is 0 Å². The molecule has 4 aliphatic heterocycles. The molecular formula is C55H68Cl2F12N4O7. The topological polar surface area (TPSA) is 134 Å². The number of ketones is 1. The number of urea groups is 1. The number of halogens is 14. The minimum atomic E-state index is -4.94. The van der Waals surface area contributed by atoms with Gasteiger partial charge < -0.3 is 45.0 Å². The van der Waals surface area contributed by atoms with E-state index in [9.17, 15) is 62.3 Å². The lowest BCUT2D eigenvalue weighted by atomic mass is 9.85. The predicted molar refractivity (Wildman–Crippen MR) is 279 cm³/mol. The van der Waals surface area contributed by atoms with E-state index in [4.69, 9.17) is 29.4 Å². The molecule has 11 nitrogen and oxygen atoms in total. The van der Waals surface area contributed by atoms with Crippen molar-refractivity contribution < 1.29 is 86.0 Å². The molecule has 25 heteroatoms. The van der Waals surface area contributed by atoms with Crippen LogP contribution >= 0.6 is 24.8 Å². The molecule has 448 valence electrons. The quantitative estimate of drug-likeness (QED) is 0.0995. The summed E-state index contributed by atoms with van der Waals surface area (Å²) in [4.78, 5) is 25.2. The molecule has 4 aliphatic rings. The number of Topliss-reactive ketones (excluding diaryl/α,β-unsaturated/α-hetero) is 1. The molecule has 4 aromatic carbocycles. The molecule has 4 aromatic rings. The Kier molecular flexibility index (Phi) is 27.0. The predicted octanol–water partition coefficient (Wildman–Crippen LogP) is 12.8. The molecule has 2 amide bonds. The van der Waals surface area contributed by atoms with Crippen LogP contribution in [0.1, 0.15) is 103 Å². The van der Waals surface area contributed by atoms with E-state index in [0.717, 1.165) is 36.8 Å². The number of alkyl halides is 12. The van der Waals surface area contributed by atoms with E-state index in [2.05, 4.69) is 10.6 Å². The minimum Gasteiger partial charge on any atom is -0.381 e. The Labute approximate surface area is 469 Å². The van der Waals surface area contributed by atoms with Gasteiger partial charge in [-0.15, -0.1) is 24.8 Å². The molecule has 80 heavy (non-hydrogen) atoms. The number of ether oxygens (including phenoxy) is 5. The summed E-state index contributed by atoms with van der Waals surface area (Å²) in [6.45, 7) is 3.65. The molecule has 4 fully saturated rings. The van der Waals surface area contributed by atoms with Gasteiger partial charge in [0.05, 0.1) is 73.0 Å². The van der Waals surface area contributed by atoms with Crippen molar-refractivity contribution in [3.63, 3.8) is 0 Å². The highest BCUT2D eigenvalue weighted by molar-refractivity contribution is 5.85. The van der Waals surface area contributed by atoms with E-state index in [1.54, 1.807) is 35.2 Å². The average Bonchev–Trinajstić information content (AvgIpc) is 3.39. The molecular weight excluding hydrogens is 1130 g/mol. The van der Waals surface area contributed by atoms with Crippen LogP contribution in [-0.2, 0) is 77.5 Å². The third-order valence-corrected chi connectivity index (χ3v) is 13.5. The molecule has 0 spiro atoms. The van der Waals surface area contributed by atoms with Crippen molar-refractivity contribution in [1.29, 1.82) is 0 Å². The lowest BCUT2D eigenvalue weighted by molar-refractivity contribution is -0.144. The van der Waals surface area contributed by atoms with Crippen molar-refractivity contribution in [1.82, 2.24) is 15.5 Å². The summed E-state index contributed by atoms with van der Waals surface area (Å²) in [7, 11) is 0. The summed E-state index contributed by atoms with van der Waals surface area (Å²) < 4.78 is 185. The third-order valence-electron chi connectivity index (χ3n) is 13.5. The van der Waals surface area contributed by atoms with Gasteiger partial charge in [0.25, 0.3) is 0 Å². The number of carbonyl (C=O) groups excluding carboxylic acids is 2. The van der Waals surface area contributed by atoms with Crippen molar-refractivity contribution >= 4 is 36.6 Å². The maximum atomic E-state index is 13.2. The Balaban J connectivity index is 0.000000362. The Bertz CT molecular complexity index is 2430. The first-order valence-corrected chi connectivity index (χ1v) is 25.0. The molecule has 4 saturated heterocycles. The van der Waals surface area contributed by atoms with E-state index in [1.165, 1.54) is 0 Å². The van der Waals surface area contributed by atoms with Crippen LogP contribution in [0.2, 0.25) is 0 Å². The molecule has 0 saturated carbocycles. The van der Waals surface area contributed by atoms with Gasteiger partial charge in [-0.25, -0.2) is 4.79 Å². The molecule has 8 rings (SSSR count). The van der Waals surface area contributed by atoms with Gasteiger partial charge >= 0.3 is 30.7 Å². The fourth-order valence-corrected chi connectivity index (χ4v) is 9.23. The number of benzene rings is 4. The number of rotatable bonds is 15. The largest absolute Gasteiger partial charge is 0.416 e. The van der Waals surface area contributed by atoms with Gasteiger partial charge in [0, 0.05) is 57.9 Å². The van der Waals surface area contributed by atoms with Crippen LogP contribution in [-0.4, -0.2) is 94.7 Å². The van der Waals surface area contributed by atoms with Crippen LogP contribution in [0.3, 0.4) is 0 Å². The highest BCUT2D eigenvalue weighted by Gasteiger charge is 2.43. The highest BCUT2D eigenvalue weighted by Crippen LogP contribution is 2.39. The van der Waals surface area contributed by atoms with Crippen molar-refractivity contribution in [3.05, 3.63) is 142 Å². The zero-order valence-corrected chi connectivity index (χ0v) is 44.4. The molecule has 0 aromatic heterocycles. The first-order chi connectivity index (χ1) is 36.3. The van der Waals surface area contributed by atoms with E-state index < -0.39 is 71.3 Å². The maximum absolute atomic E-state index is 13.2. The third kappa shape index (κ3) is 20.9. The molecule has 0 aliphatic carbocycles. The molecule has 0 bridgehead atoms. The second-order valence-corrected chi connectivity index (χ2v) is 19.2. The van der Waals surface area contributed by atoms with Crippen molar-refractivity contribution in [3.8, 4) is 0 Å². The Morgan fingerprint density at radius 1 is 0.600 bits per heavy atom. The van der Waals surface area contributed by atoms with Crippen LogP contribution in [0.5, 0.6) is 0 Å². The van der Waals surface area contributed by atoms with Gasteiger partial charge in [0.1, 0.15) is 5.78 Å². The second kappa shape index (κ2) is 31.1. The number of hydrogen-bond donors (Lipinski definition) is 3. The standard InChI is InChI=1S/C25H26F6N2O3.C24H28F6N2O2.C5H8O2.CH4.2ClH/c26-24(27,28)19-12-17(13-20(14-19)25(29,30)31)15-36-16-23(18-4-2-1-3-5-18)8-9-33(22(34)32-23)21-6-10-35-11-7-21;25-23(26,27)19-12-17(13-20(14-19)24(28,29)30)15-34-16-22(31,18-4-2-1-3-5-18)8-9-32-21-6-10-33-11-7-21;6-5-1-3-7-4-2-5;;;/h1-5,12-14,21H,6-11,15-16H2,(H,32,34);1-5,12-14,21,32H,6-11,15-16,31H2;1-4H2;1H4;2*1H. The number of carbonyl (C=O) groups is 2. The number of hydrogen-bond acceptors (Lipinski definition) is 9. The van der Waals surface area contributed by atoms with Crippen LogP contribution in [0, 0.1) is 0 Å². The Morgan fingerprint density at radius 2 is 1.04 bits per heavy atom. The van der Waals surface area contributed by atoms with Crippen LogP contribution in [0.25, 0.3) is 0 Å². The number of amides is 2. The highest BCUT2D eigenvalue weighted by atomic mass is 35.5. The molecule has 4 N–H and O–H groups in total. The van der Waals surface area contributed by atoms with E-state index in [0.29, 0.717) is 115 Å². The normalized spacial score (nSPS) is 19.3. The summed E-state index contributed by atoms with van der Waals surface area (Å²) in [6.07, 6.45) is -14.3. The number of nitrogens with one attached hydrogen (secondary N) is 2. The van der Waals surface area contributed by atoms with Crippen LogP contribution in [0.4, 0.5) is 57.5 Å². The van der Waals surface area contributed by atoms with Gasteiger partial charge in [0.2, 0.25) is 0 Å². The van der Waals surface area contributed by atoms with E-state index in [-0.39, 0.29) is 80.8 Å². The average molecular weight is 1200 g/mol. The Hall–Kier alpha value is -4.72. The zero-order valence-electron chi connectivity index (χ0n) is 42.8. The molecule has 0 radical (unpaired) electrons. The Morgan fingerprint density at radius 3 is 1.48 bits per heavy atom. The summed E-state index contributed by atoms with van der Waals surface area (Å²) in [5.74, 6) is 0.339. The van der Waals surface area contributed by atoms with Gasteiger partial charge in [-0.1, -0.05) is 68.1 Å². The van der Waals surface area contributed by atoms with Gasteiger partial charge in [-0.3, -0.25) is 4.79 Å². The van der Waals surface area contributed by atoms with Crippen molar-refractivity contribution in [2.45, 2.75) is 120 Å². The minimum absolute atomic E-state index is 0. The van der Waals surface area contributed by atoms with Crippen LogP contribution < -0.4 is 16.4 Å². The van der Waals surface area contributed by atoms with Gasteiger partial charge in [-0.2, -0.15) is 52.7 Å². The lowest BCUT2D eigenvalue weighted by Gasteiger charge is -2.46. The fourth-order valence-electron chi connectivity index (χ4n) is 9.23. The van der Waals surface area contributed by atoms with Crippen LogP contribution in [0.15, 0.2) is 97.1 Å². The molecule has 4 heterocycles. The number of nitrogens with two attached hydrogens (primary N) is 1. The summed E-state index contributed by atoms with van der Waals surface area (Å²) in [5.41, 5.74) is 0.182. The van der Waals surface area contributed by atoms with Crippen molar-refractivity contribution in [2.75, 3.05) is 65.9 Å².